The summed E-state index contributed by atoms with van der Waals surface area (Å²) in [6, 6.07) is 3.88. The van der Waals surface area contributed by atoms with Gasteiger partial charge in [-0.1, -0.05) is 0 Å². The van der Waals surface area contributed by atoms with E-state index < -0.39 is 0 Å². The van der Waals surface area contributed by atoms with E-state index in [1.54, 1.807) is 6.20 Å². The summed E-state index contributed by atoms with van der Waals surface area (Å²) in [4.78, 5) is 2.22. The lowest BCUT2D eigenvalue weighted by atomic mass is 10.0. The van der Waals surface area contributed by atoms with Crippen LogP contribution >= 0.6 is 11.6 Å². The lowest BCUT2D eigenvalue weighted by Crippen LogP contribution is -2.43. The lowest BCUT2D eigenvalue weighted by molar-refractivity contribution is 0.519. The molecule has 1 aromatic rings. The molecule has 1 aliphatic rings. The number of rotatable bonds is 1. The molecule has 0 radical (unpaired) electrons. The summed E-state index contributed by atoms with van der Waals surface area (Å²) in [5.74, 6) is 0.917. The highest BCUT2D eigenvalue weighted by Gasteiger charge is 2.40. The molecule has 76 valence electrons. The Morgan fingerprint density at radius 3 is 2.86 bits per heavy atom. The molecule has 1 unspecified atom stereocenters. The van der Waals surface area contributed by atoms with Gasteiger partial charge in [0.1, 0.15) is 0 Å². The molecule has 2 heterocycles. The first-order valence-corrected chi connectivity index (χ1v) is 5.25. The highest BCUT2D eigenvalue weighted by Crippen LogP contribution is 2.35. The van der Waals surface area contributed by atoms with Gasteiger partial charge in [-0.15, -0.1) is 16.7 Å². The summed E-state index contributed by atoms with van der Waals surface area (Å²) < 4.78 is 0. The van der Waals surface area contributed by atoms with Gasteiger partial charge in [0.05, 0.1) is 10.9 Å². The zero-order valence-electron chi connectivity index (χ0n) is 8.44. The number of anilines is 1. The summed E-state index contributed by atoms with van der Waals surface area (Å²) in [7, 11) is 0. The summed E-state index contributed by atoms with van der Waals surface area (Å²) in [5, 5.41) is 8.18. The Balaban J connectivity index is 2.29. The number of hydrogen-bond donors (Lipinski definition) is 0. The van der Waals surface area contributed by atoms with Crippen molar-refractivity contribution in [1.29, 1.82) is 0 Å². The molecule has 1 atom stereocenters. The number of alkyl halides is 1. The second-order valence-corrected chi connectivity index (χ2v) is 4.67. The SMILES string of the molecule is CC1(C)C(Cl)CCN1c1cccnn1. The largest absolute Gasteiger partial charge is 0.348 e. The van der Waals surface area contributed by atoms with E-state index in [-0.39, 0.29) is 10.9 Å². The van der Waals surface area contributed by atoms with Crippen LogP contribution in [0, 0.1) is 0 Å². The fraction of sp³-hybridized carbons (Fsp3) is 0.600. The summed E-state index contributed by atoms with van der Waals surface area (Å²) in [5.41, 5.74) is -0.0302. The topological polar surface area (TPSA) is 29.0 Å². The van der Waals surface area contributed by atoms with E-state index in [4.69, 9.17) is 11.6 Å². The number of hydrogen-bond acceptors (Lipinski definition) is 3. The van der Waals surface area contributed by atoms with Crippen molar-refractivity contribution >= 4 is 17.4 Å². The van der Waals surface area contributed by atoms with Gasteiger partial charge in [0.15, 0.2) is 5.82 Å². The van der Waals surface area contributed by atoms with Gasteiger partial charge in [0.25, 0.3) is 0 Å². The number of aromatic nitrogens is 2. The maximum Gasteiger partial charge on any atom is 0.151 e. The molecule has 2 rings (SSSR count). The van der Waals surface area contributed by atoms with Crippen molar-refractivity contribution in [2.45, 2.75) is 31.2 Å². The lowest BCUT2D eigenvalue weighted by Gasteiger charge is -2.34. The zero-order valence-corrected chi connectivity index (χ0v) is 9.20. The van der Waals surface area contributed by atoms with Crippen LogP contribution in [-0.4, -0.2) is 27.7 Å². The van der Waals surface area contributed by atoms with Crippen LogP contribution in [-0.2, 0) is 0 Å². The molecule has 3 nitrogen and oxygen atoms in total. The van der Waals surface area contributed by atoms with Crippen LogP contribution in [0.15, 0.2) is 18.3 Å². The Hall–Kier alpha value is -0.830. The maximum atomic E-state index is 6.26. The van der Waals surface area contributed by atoms with Gasteiger partial charge in [-0.05, 0) is 32.4 Å². The van der Waals surface area contributed by atoms with Crippen molar-refractivity contribution < 1.29 is 0 Å². The monoisotopic (exact) mass is 211 g/mol. The van der Waals surface area contributed by atoms with E-state index in [1.807, 2.05) is 12.1 Å². The van der Waals surface area contributed by atoms with Crippen molar-refractivity contribution in [3.63, 3.8) is 0 Å². The Bertz CT molecular complexity index is 312. The van der Waals surface area contributed by atoms with Crippen molar-refractivity contribution in [3.05, 3.63) is 18.3 Å². The van der Waals surface area contributed by atoms with Crippen LogP contribution in [0.3, 0.4) is 0 Å². The molecule has 0 aliphatic carbocycles. The average molecular weight is 212 g/mol. The first-order valence-electron chi connectivity index (χ1n) is 4.82. The third kappa shape index (κ3) is 1.46. The quantitative estimate of drug-likeness (QED) is 0.666. The van der Waals surface area contributed by atoms with Gasteiger partial charge in [-0.3, -0.25) is 0 Å². The van der Waals surface area contributed by atoms with Crippen molar-refractivity contribution in [2.75, 3.05) is 11.4 Å². The second kappa shape index (κ2) is 3.39. The summed E-state index contributed by atoms with van der Waals surface area (Å²) >= 11 is 6.26. The maximum absolute atomic E-state index is 6.26. The standard InChI is InChI=1S/C10H14ClN3/c1-10(2)8(11)5-7-14(10)9-4-3-6-12-13-9/h3-4,6,8H,5,7H2,1-2H3. The molecule has 0 aromatic carbocycles. The van der Waals surface area contributed by atoms with Crippen molar-refractivity contribution in [2.24, 2.45) is 0 Å². The van der Waals surface area contributed by atoms with E-state index in [2.05, 4.69) is 28.9 Å². The molecular formula is C10H14ClN3. The number of nitrogens with zero attached hydrogens (tertiary/aromatic N) is 3. The smallest absolute Gasteiger partial charge is 0.151 e. The van der Waals surface area contributed by atoms with Crippen LogP contribution in [0.1, 0.15) is 20.3 Å². The Labute approximate surface area is 89.1 Å². The third-order valence-corrected chi connectivity index (χ3v) is 3.66. The molecule has 0 spiro atoms. The van der Waals surface area contributed by atoms with E-state index in [0.717, 1.165) is 18.8 Å². The normalized spacial score (nSPS) is 25.4. The first kappa shape index (κ1) is 9.71. The third-order valence-electron chi connectivity index (χ3n) is 2.90. The molecule has 1 aliphatic heterocycles. The molecule has 0 bridgehead atoms. The van der Waals surface area contributed by atoms with Crippen LogP contribution in [0.2, 0.25) is 0 Å². The van der Waals surface area contributed by atoms with Crippen LogP contribution in [0.5, 0.6) is 0 Å². The van der Waals surface area contributed by atoms with Crippen molar-refractivity contribution in [3.8, 4) is 0 Å². The number of halogens is 1. The van der Waals surface area contributed by atoms with Gasteiger partial charge < -0.3 is 4.90 Å². The van der Waals surface area contributed by atoms with E-state index >= 15 is 0 Å². The van der Waals surface area contributed by atoms with Gasteiger partial charge in [-0.2, -0.15) is 5.10 Å². The summed E-state index contributed by atoms with van der Waals surface area (Å²) in [6.07, 6.45) is 2.69. The first-order chi connectivity index (χ1) is 6.62. The molecule has 4 heteroatoms. The van der Waals surface area contributed by atoms with Crippen LogP contribution in [0.25, 0.3) is 0 Å². The molecule has 0 saturated carbocycles. The van der Waals surface area contributed by atoms with Gasteiger partial charge in [0, 0.05) is 12.7 Å². The van der Waals surface area contributed by atoms with Crippen molar-refractivity contribution in [1.82, 2.24) is 10.2 Å². The van der Waals surface area contributed by atoms with E-state index in [0.29, 0.717) is 0 Å². The molecule has 1 aromatic heterocycles. The molecule has 14 heavy (non-hydrogen) atoms. The predicted octanol–water partition coefficient (Wildman–Crippen LogP) is 2.07. The average Bonchev–Trinajstić information content (AvgIpc) is 2.44. The fourth-order valence-electron chi connectivity index (χ4n) is 1.90. The fourth-order valence-corrected chi connectivity index (χ4v) is 2.12. The van der Waals surface area contributed by atoms with Gasteiger partial charge >= 0.3 is 0 Å². The molecule has 0 N–H and O–H groups in total. The van der Waals surface area contributed by atoms with E-state index in [1.165, 1.54) is 0 Å². The highest BCUT2D eigenvalue weighted by molar-refractivity contribution is 6.22. The Morgan fingerprint density at radius 2 is 2.36 bits per heavy atom. The summed E-state index contributed by atoms with van der Waals surface area (Å²) in [6.45, 7) is 5.25. The highest BCUT2D eigenvalue weighted by atomic mass is 35.5. The molecular weight excluding hydrogens is 198 g/mol. The predicted molar refractivity (Wildman–Crippen MR) is 57.7 cm³/mol. The molecule has 1 saturated heterocycles. The van der Waals surface area contributed by atoms with Crippen LogP contribution in [0.4, 0.5) is 5.82 Å². The molecule has 1 fully saturated rings. The Morgan fingerprint density at radius 1 is 1.57 bits per heavy atom. The minimum atomic E-state index is -0.0302. The van der Waals surface area contributed by atoms with Gasteiger partial charge in [-0.25, -0.2) is 0 Å². The zero-order chi connectivity index (χ0) is 10.2. The minimum absolute atomic E-state index is 0.0302. The molecule has 0 amide bonds. The van der Waals surface area contributed by atoms with E-state index in [9.17, 15) is 0 Å². The minimum Gasteiger partial charge on any atom is -0.348 e. The van der Waals surface area contributed by atoms with Gasteiger partial charge in [0.2, 0.25) is 0 Å². The second-order valence-electron chi connectivity index (χ2n) is 4.14. The van der Waals surface area contributed by atoms with Crippen LogP contribution < -0.4 is 4.90 Å². The Kier molecular flexibility index (Phi) is 2.35.